The largest absolute Gasteiger partial charge is 0.496 e. The fraction of sp³-hybridized carbons (Fsp3) is 0.350. The number of piperidine rings is 1. The SMILES string of the molecule is COc1ccc(-n2cnnn2)cc1CNN1CCCCC1c1ccccc1. The summed E-state index contributed by atoms with van der Waals surface area (Å²) in [5.41, 5.74) is 6.97. The summed E-state index contributed by atoms with van der Waals surface area (Å²) in [6.45, 7) is 1.72. The number of nitrogens with one attached hydrogen (secondary N) is 1. The van der Waals surface area contributed by atoms with Crippen LogP contribution in [0.4, 0.5) is 0 Å². The fourth-order valence-corrected chi connectivity index (χ4v) is 3.65. The van der Waals surface area contributed by atoms with E-state index < -0.39 is 0 Å². The van der Waals surface area contributed by atoms with Gasteiger partial charge in [-0.1, -0.05) is 36.8 Å². The topological polar surface area (TPSA) is 68.1 Å². The summed E-state index contributed by atoms with van der Waals surface area (Å²) >= 11 is 0. The Bertz CT molecular complexity index is 852. The van der Waals surface area contributed by atoms with E-state index in [1.807, 2.05) is 12.1 Å². The molecule has 2 aromatic carbocycles. The zero-order chi connectivity index (χ0) is 18.5. The van der Waals surface area contributed by atoms with Gasteiger partial charge in [0, 0.05) is 24.7 Å². The van der Waals surface area contributed by atoms with E-state index in [9.17, 15) is 0 Å². The van der Waals surface area contributed by atoms with Crippen LogP contribution in [0.3, 0.4) is 0 Å². The smallest absolute Gasteiger partial charge is 0.143 e. The Morgan fingerprint density at radius 1 is 1.15 bits per heavy atom. The number of benzene rings is 2. The summed E-state index contributed by atoms with van der Waals surface area (Å²) < 4.78 is 7.20. The Morgan fingerprint density at radius 3 is 2.81 bits per heavy atom. The molecule has 4 rings (SSSR count). The molecule has 1 aliphatic heterocycles. The highest BCUT2D eigenvalue weighted by Gasteiger charge is 2.23. The Kier molecular flexibility index (Phi) is 5.41. The second-order valence-electron chi connectivity index (χ2n) is 6.70. The zero-order valence-electron chi connectivity index (χ0n) is 15.5. The average Bonchev–Trinajstić information content (AvgIpc) is 3.28. The lowest BCUT2D eigenvalue weighted by Gasteiger charge is -2.36. The first kappa shape index (κ1) is 17.6. The zero-order valence-corrected chi connectivity index (χ0v) is 15.5. The molecule has 1 fully saturated rings. The Morgan fingerprint density at radius 2 is 2.04 bits per heavy atom. The highest BCUT2D eigenvalue weighted by molar-refractivity contribution is 5.43. The van der Waals surface area contributed by atoms with Crippen LogP contribution in [0.5, 0.6) is 5.75 Å². The monoisotopic (exact) mass is 364 g/mol. The van der Waals surface area contributed by atoms with E-state index in [2.05, 4.69) is 62.4 Å². The van der Waals surface area contributed by atoms with Crippen molar-refractivity contribution < 1.29 is 4.74 Å². The minimum absolute atomic E-state index is 0.397. The molecular weight excluding hydrogens is 340 g/mol. The van der Waals surface area contributed by atoms with Crippen LogP contribution in [-0.4, -0.2) is 38.9 Å². The summed E-state index contributed by atoms with van der Waals surface area (Å²) in [6.07, 6.45) is 5.22. The molecule has 2 heterocycles. The number of nitrogens with zero attached hydrogens (tertiary/aromatic N) is 5. The van der Waals surface area contributed by atoms with Crippen LogP contribution >= 0.6 is 0 Å². The van der Waals surface area contributed by atoms with Crippen LogP contribution in [0.15, 0.2) is 54.9 Å². The molecule has 0 radical (unpaired) electrons. The molecule has 0 spiro atoms. The number of ether oxygens (including phenoxy) is 1. The molecule has 1 unspecified atom stereocenters. The molecule has 0 amide bonds. The summed E-state index contributed by atoms with van der Waals surface area (Å²) in [6, 6.07) is 17.1. The predicted octanol–water partition coefficient (Wildman–Crippen LogP) is 2.90. The number of hydrogen-bond donors (Lipinski definition) is 1. The van der Waals surface area contributed by atoms with Crippen molar-refractivity contribution in [2.75, 3.05) is 13.7 Å². The van der Waals surface area contributed by atoms with Crippen LogP contribution in [0.2, 0.25) is 0 Å². The van der Waals surface area contributed by atoms with Gasteiger partial charge in [-0.05, 0) is 47.0 Å². The number of rotatable bonds is 6. The maximum absolute atomic E-state index is 5.55. The first-order valence-electron chi connectivity index (χ1n) is 9.30. The molecule has 1 N–H and O–H groups in total. The normalized spacial score (nSPS) is 17.7. The minimum atomic E-state index is 0.397. The lowest BCUT2D eigenvalue weighted by molar-refractivity contribution is 0.0822. The van der Waals surface area contributed by atoms with Crippen molar-refractivity contribution in [2.24, 2.45) is 0 Å². The Labute approximate surface area is 158 Å². The van der Waals surface area contributed by atoms with Crippen molar-refractivity contribution in [3.8, 4) is 11.4 Å². The molecule has 27 heavy (non-hydrogen) atoms. The summed E-state index contributed by atoms with van der Waals surface area (Å²) in [7, 11) is 1.70. The van der Waals surface area contributed by atoms with Crippen molar-refractivity contribution in [1.29, 1.82) is 0 Å². The first-order chi connectivity index (χ1) is 13.3. The number of hydrazine groups is 1. The Hall–Kier alpha value is -2.77. The lowest BCUT2D eigenvalue weighted by Crippen LogP contribution is -2.43. The number of methoxy groups -OCH3 is 1. The van der Waals surface area contributed by atoms with Crippen molar-refractivity contribution in [3.63, 3.8) is 0 Å². The molecule has 1 aromatic heterocycles. The van der Waals surface area contributed by atoms with Crippen molar-refractivity contribution in [1.82, 2.24) is 30.6 Å². The van der Waals surface area contributed by atoms with Gasteiger partial charge in [-0.2, -0.15) is 0 Å². The minimum Gasteiger partial charge on any atom is -0.496 e. The van der Waals surface area contributed by atoms with E-state index in [0.29, 0.717) is 12.6 Å². The lowest BCUT2D eigenvalue weighted by atomic mass is 9.97. The van der Waals surface area contributed by atoms with Crippen LogP contribution < -0.4 is 10.2 Å². The third-order valence-corrected chi connectivity index (χ3v) is 5.04. The van der Waals surface area contributed by atoms with Gasteiger partial charge in [-0.3, -0.25) is 5.43 Å². The molecule has 0 bridgehead atoms. The molecule has 3 aromatic rings. The number of aromatic nitrogens is 4. The molecule has 1 saturated heterocycles. The van der Waals surface area contributed by atoms with Gasteiger partial charge in [-0.15, -0.1) is 5.10 Å². The molecule has 1 aliphatic rings. The van der Waals surface area contributed by atoms with E-state index >= 15 is 0 Å². The van der Waals surface area contributed by atoms with E-state index in [1.165, 1.54) is 24.8 Å². The second-order valence-corrected chi connectivity index (χ2v) is 6.70. The maximum Gasteiger partial charge on any atom is 0.143 e. The predicted molar refractivity (Wildman–Crippen MR) is 102 cm³/mol. The van der Waals surface area contributed by atoms with E-state index in [1.54, 1.807) is 18.1 Å². The van der Waals surface area contributed by atoms with Gasteiger partial charge in [-0.25, -0.2) is 9.69 Å². The summed E-state index contributed by atoms with van der Waals surface area (Å²) in [5.74, 6) is 0.854. The van der Waals surface area contributed by atoms with Crippen molar-refractivity contribution in [3.05, 3.63) is 66.0 Å². The van der Waals surface area contributed by atoms with Crippen LogP contribution in [0, 0.1) is 0 Å². The number of hydrogen-bond acceptors (Lipinski definition) is 6. The van der Waals surface area contributed by atoms with Crippen LogP contribution in [0.25, 0.3) is 5.69 Å². The Balaban J connectivity index is 1.52. The molecule has 7 heteroatoms. The first-order valence-corrected chi connectivity index (χ1v) is 9.30. The highest BCUT2D eigenvalue weighted by atomic mass is 16.5. The van der Waals surface area contributed by atoms with Gasteiger partial charge in [0.2, 0.25) is 0 Å². The molecule has 0 saturated carbocycles. The van der Waals surface area contributed by atoms with Crippen LogP contribution in [0.1, 0.15) is 36.4 Å². The van der Waals surface area contributed by atoms with Crippen molar-refractivity contribution in [2.45, 2.75) is 31.8 Å². The third-order valence-electron chi connectivity index (χ3n) is 5.04. The highest BCUT2D eigenvalue weighted by Crippen LogP contribution is 2.30. The van der Waals surface area contributed by atoms with Gasteiger partial charge in [0.1, 0.15) is 12.1 Å². The number of tetrazole rings is 1. The van der Waals surface area contributed by atoms with E-state index in [4.69, 9.17) is 4.74 Å². The van der Waals surface area contributed by atoms with E-state index in [0.717, 1.165) is 23.5 Å². The molecule has 0 aliphatic carbocycles. The van der Waals surface area contributed by atoms with Gasteiger partial charge < -0.3 is 4.74 Å². The van der Waals surface area contributed by atoms with Crippen LogP contribution in [-0.2, 0) is 6.54 Å². The molecule has 7 nitrogen and oxygen atoms in total. The van der Waals surface area contributed by atoms with Crippen molar-refractivity contribution >= 4 is 0 Å². The molecular formula is C20H24N6O. The van der Waals surface area contributed by atoms with Gasteiger partial charge in [0.05, 0.1) is 12.8 Å². The second kappa shape index (κ2) is 8.28. The quantitative estimate of drug-likeness (QED) is 0.725. The summed E-state index contributed by atoms with van der Waals surface area (Å²) in [4.78, 5) is 0. The third kappa shape index (κ3) is 3.99. The standard InChI is InChI=1S/C20H24N6O/c1-27-20-11-10-18(26-15-21-23-24-26)13-17(20)14-22-25-12-6-5-9-19(25)16-7-3-2-4-8-16/h2-4,7-8,10-11,13,15,19,22H,5-6,9,12,14H2,1H3. The van der Waals surface area contributed by atoms with Gasteiger partial charge in [0.15, 0.2) is 0 Å². The fourth-order valence-electron chi connectivity index (χ4n) is 3.65. The maximum atomic E-state index is 5.55. The van der Waals surface area contributed by atoms with Gasteiger partial charge >= 0.3 is 0 Å². The average molecular weight is 364 g/mol. The van der Waals surface area contributed by atoms with Gasteiger partial charge in [0.25, 0.3) is 0 Å². The van der Waals surface area contributed by atoms with E-state index in [-0.39, 0.29) is 0 Å². The molecule has 1 atom stereocenters. The molecule has 140 valence electrons. The summed E-state index contributed by atoms with van der Waals surface area (Å²) in [5, 5.41) is 13.8.